The molecule has 0 atom stereocenters. The van der Waals surface area contributed by atoms with Gasteiger partial charge in [-0.1, -0.05) is 0 Å². The van der Waals surface area contributed by atoms with Crippen molar-refractivity contribution in [3.63, 3.8) is 0 Å². The van der Waals surface area contributed by atoms with Gasteiger partial charge in [0.05, 0.1) is 17.6 Å². The number of hydrazine groups is 1. The van der Waals surface area contributed by atoms with Gasteiger partial charge in [0.25, 0.3) is 18.2 Å². The fraction of sp³-hybridized carbons (Fsp3) is 0.500. The highest BCUT2D eigenvalue weighted by atomic mass is 19.3. The van der Waals surface area contributed by atoms with Gasteiger partial charge >= 0.3 is 0 Å². The Hall–Kier alpha value is -5.57. The van der Waals surface area contributed by atoms with Gasteiger partial charge in [-0.3, -0.25) is 34.1 Å². The molecule has 16 nitrogen and oxygen atoms in total. The molecule has 1 saturated heterocycles. The number of nitrogens with zero attached hydrogens (tertiary/aromatic N) is 6. The number of aromatic nitrogens is 4. The summed E-state index contributed by atoms with van der Waals surface area (Å²) in [4.78, 5) is 43.0. The number of alkyl halides is 2. The van der Waals surface area contributed by atoms with Crippen LogP contribution in [-0.4, -0.2) is 111 Å². The van der Waals surface area contributed by atoms with E-state index < -0.39 is 47.5 Å². The number of rotatable bonds is 16. The quantitative estimate of drug-likeness (QED) is 0.0630. The molecular weight excluding hydrogens is 811 g/mol. The topological polar surface area (TPSA) is 206 Å². The Balaban J connectivity index is 1.11. The molecule has 3 fully saturated rings. The van der Waals surface area contributed by atoms with E-state index in [0.717, 1.165) is 25.9 Å². The van der Waals surface area contributed by atoms with Crippen molar-refractivity contribution in [1.29, 1.82) is 0 Å². The lowest BCUT2D eigenvalue weighted by molar-refractivity contribution is -0.131. The number of hydrogen-bond donors (Lipinski definition) is 7. The van der Waals surface area contributed by atoms with Crippen LogP contribution in [-0.2, 0) is 15.9 Å². The van der Waals surface area contributed by atoms with Crippen LogP contribution in [0.2, 0.25) is 0 Å². The van der Waals surface area contributed by atoms with Crippen molar-refractivity contribution in [2.75, 3.05) is 56.4 Å². The second kappa shape index (κ2) is 19.2. The Labute approximate surface area is 357 Å². The minimum Gasteiger partial charge on any atom is -0.365 e. The largest absolute Gasteiger partial charge is 0.365 e. The Kier molecular flexibility index (Phi) is 13.8. The number of piperazine rings is 1. The van der Waals surface area contributed by atoms with Gasteiger partial charge in [0.15, 0.2) is 11.6 Å². The summed E-state index contributed by atoms with van der Waals surface area (Å²) in [6.45, 7) is 4.55. The number of nitrogens with two attached hydrogens (primary N) is 2. The Morgan fingerprint density at radius 3 is 1.81 bits per heavy atom. The summed E-state index contributed by atoms with van der Waals surface area (Å²) in [6, 6.07) is 11.3. The van der Waals surface area contributed by atoms with E-state index in [2.05, 4.69) is 31.7 Å². The average Bonchev–Trinajstić information content (AvgIpc) is 3.91. The normalized spacial score (nSPS) is 23.3. The Morgan fingerprint density at radius 1 is 0.774 bits per heavy atom. The van der Waals surface area contributed by atoms with Crippen molar-refractivity contribution < 1.29 is 31.9 Å². The molecule has 2 saturated carbocycles. The summed E-state index contributed by atoms with van der Waals surface area (Å²) >= 11 is 0. The number of amides is 3. The highest BCUT2D eigenvalue weighted by molar-refractivity contribution is 5.99. The first-order valence-electron chi connectivity index (χ1n) is 21.1. The molecule has 2 aromatic carbocycles. The fourth-order valence-corrected chi connectivity index (χ4v) is 9.00. The number of carbonyl (C=O) groups is 3. The second-order valence-corrected chi connectivity index (χ2v) is 16.6. The molecule has 0 bridgehead atoms. The molecule has 3 amide bonds. The lowest BCUT2D eigenvalue weighted by Gasteiger charge is -2.45. The smallest absolute Gasteiger partial charge is 0.270 e. The summed E-state index contributed by atoms with van der Waals surface area (Å²) in [5.74, 6) is -1.67. The van der Waals surface area contributed by atoms with Crippen LogP contribution < -0.4 is 38.3 Å². The zero-order valence-electron chi connectivity index (χ0n) is 34.7. The van der Waals surface area contributed by atoms with E-state index in [9.17, 15) is 31.9 Å². The lowest BCUT2D eigenvalue weighted by atomic mass is 9.78. The van der Waals surface area contributed by atoms with Crippen LogP contribution in [0.15, 0.2) is 60.9 Å². The molecule has 2 aliphatic carbocycles. The molecule has 62 heavy (non-hydrogen) atoms. The average molecular weight is 866 g/mol. The lowest BCUT2D eigenvalue weighted by Crippen LogP contribution is -2.54. The van der Waals surface area contributed by atoms with E-state index in [1.165, 1.54) is 42.6 Å². The van der Waals surface area contributed by atoms with E-state index in [1.807, 2.05) is 4.90 Å². The Morgan fingerprint density at radius 2 is 1.29 bits per heavy atom. The molecule has 334 valence electrons. The van der Waals surface area contributed by atoms with E-state index in [0.29, 0.717) is 69.0 Å². The molecule has 0 spiro atoms. The molecule has 4 aromatic rings. The summed E-state index contributed by atoms with van der Waals surface area (Å²) < 4.78 is 57.1. The zero-order chi connectivity index (χ0) is 44.0. The third-order valence-electron chi connectivity index (χ3n) is 12.8. The molecule has 7 rings (SSSR count). The first-order valence-corrected chi connectivity index (χ1v) is 21.1. The van der Waals surface area contributed by atoms with Crippen LogP contribution in [0.1, 0.15) is 79.0 Å². The van der Waals surface area contributed by atoms with E-state index in [1.54, 1.807) is 34.6 Å². The number of primary amides is 1. The van der Waals surface area contributed by atoms with Crippen molar-refractivity contribution >= 4 is 40.7 Å². The number of anilines is 4. The maximum absolute atomic E-state index is 14.2. The third kappa shape index (κ3) is 10.2. The fourth-order valence-electron chi connectivity index (χ4n) is 9.00. The van der Waals surface area contributed by atoms with Crippen LogP contribution in [0.25, 0.3) is 0 Å². The molecule has 3 aliphatic rings. The van der Waals surface area contributed by atoms with Crippen LogP contribution in [0.4, 0.5) is 40.6 Å². The molecule has 0 radical (unpaired) electrons. The first kappa shape index (κ1) is 44.5. The van der Waals surface area contributed by atoms with Crippen molar-refractivity contribution in [2.45, 2.75) is 87.9 Å². The number of nitrogens with one attached hydrogen (secondary N) is 5. The van der Waals surface area contributed by atoms with Gasteiger partial charge in [-0.2, -0.15) is 10.2 Å². The van der Waals surface area contributed by atoms with Crippen LogP contribution in [0.3, 0.4) is 0 Å². The molecule has 20 heteroatoms. The highest BCUT2D eigenvalue weighted by Gasteiger charge is 2.41. The molecule has 3 heterocycles. The second-order valence-electron chi connectivity index (χ2n) is 16.6. The van der Waals surface area contributed by atoms with Gasteiger partial charge in [-0.15, -0.1) is 0 Å². The number of halogens is 4. The van der Waals surface area contributed by atoms with Crippen LogP contribution >= 0.6 is 0 Å². The molecule has 9 N–H and O–H groups in total. The van der Waals surface area contributed by atoms with E-state index in [-0.39, 0.29) is 47.8 Å². The molecule has 2 aromatic heterocycles. The predicted molar refractivity (Wildman–Crippen MR) is 225 cm³/mol. The predicted octanol–water partition coefficient (Wildman–Crippen LogP) is 4.13. The first-order chi connectivity index (χ1) is 29.8. The van der Waals surface area contributed by atoms with Crippen LogP contribution in [0.5, 0.6) is 0 Å². The van der Waals surface area contributed by atoms with E-state index >= 15 is 0 Å². The summed E-state index contributed by atoms with van der Waals surface area (Å²) in [7, 11) is 0. The van der Waals surface area contributed by atoms with Crippen molar-refractivity contribution in [2.24, 2.45) is 11.5 Å². The van der Waals surface area contributed by atoms with Gasteiger partial charge in [-0.25, -0.2) is 23.0 Å². The van der Waals surface area contributed by atoms with Gasteiger partial charge in [0.2, 0.25) is 5.91 Å². The molecular formula is C42H55F4N13O3. The maximum Gasteiger partial charge on any atom is 0.270 e. The minimum absolute atomic E-state index is 0.0815. The van der Waals surface area contributed by atoms with Crippen molar-refractivity contribution in [3.8, 4) is 0 Å². The molecule has 0 unspecified atom stereocenters. The third-order valence-corrected chi connectivity index (χ3v) is 12.8. The minimum atomic E-state index is -2.51. The van der Waals surface area contributed by atoms with Crippen molar-refractivity contribution in [1.82, 2.24) is 45.5 Å². The number of carbonyl (C=O) groups excluding carboxylic acids is 3. The molecule has 1 aliphatic heterocycles. The van der Waals surface area contributed by atoms with Gasteiger partial charge in [0, 0.05) is 82.0 Å². The monoisotopic (exact) mass is 865 g/mol. The maximum atomic E-state index is 14.2. The standard InChI is InChI=1S/C42H55F4N13O3/c1-27(60)56-18-20-57(21-19-56)33-12-16-41(25-47,17-13-33)58-24-35(39(55-58)52-32-8-4-29(44)5-9-32)40(62)53-50-26-42(14-10-30(11-15-42)49-22-36(45)46)59-23-34(37(48)61)38(54-59)51-31-6-2-28(43)3-7-31/h2-9,23-24,30,33,36,49-50H,10-22,25-26,47H2,1H3,(H2,48,61)(H,51,54)(H,52,55)(H,53,62). The number of hydrogen-bond acceptors (Lipinski definition) is 11. The van der Waals surface area contributed by atoms with Gasteiger partial charge in [-0.05, 0) is 99.9 Å². The summed E-state index contributed by atoms with van der Waals surface area (Å²) in [5, 5.41) is 18.8. The zero-order valence-corrected chi connectivity index (χ0v) is 34.7. The SMILES string of the molecule is CC(=O)N1CCN(C2CCC(CN)(n3cc(C(=O)NNCC4(n5cc(C(N)=O)c(Nc6ccc(F)cc6)n5)CCC(NCC(F)F)CC4)c(Nc4ccc(F)cc4)n3)CC2)CC1. The van der Waals surface area contributed by atoms with Gasteiger partial charge in [0.1, 0.15) is 22.8 Å². The number of benzene rings is 2. The van der Waals surface area contributed by atoms with Gasteiger partial charge < -0.3 is 32.3 Å². The summed E-state index contributed by atoms with van der Waals surface area (Å²) in [5.41, 5.74) is 18.0. The highest BCUT2D eigenvalue weighted by Crippen LogP contribution is 2.39. The Bertz CT molecular complexity index is 2160. The van der Waals surface area contributed by atoms with Crippen LogP contribution in [0, 0.1) is 11.6 Å². The summed E-state index contributed by atoms with van der Waals surface area (Å²) in [6.07, 6.45) is 5.65. The van der Waals surface area contributed by atoms with Crippen molar-refractivity contribution in [3.05, 3.63) is 83.7 Å². The van der Waals surface area contributed by atoms with E-state index in [4.69, 9.17) is 21.7 Å².